The third-order valence-electron chi connectivity index (χ3n) is 3.93. The molecule has 0 radical (unpaired) electrons. The van der Waals surface area contributed by atoms with Crippen LogP contribution in [0.15, 0.2) is 36.5 Å². The second kappa shape index (κ2) is 21.7. The Bertz CT molecular complexity index is 383. The summed E-state index contributed by atoms with van der Waals surface area (Å²) in [5.41, 5.74) is 0. The lowest BCUT2D eigenvalue weighted by atomic mass is 10.1. The van der Waals surface area contributed by atoms with Crippen LogP contribution in [0.1, 0.15) is 84.5 Å². The maximum atomic E-state index is 11.5. The van der Waals surface area contributed by atoms with Crippen molar-refractivity contribution in [3.05, 3.63) is 36.5 Å². The van der Waals surface area contributed by atoms with Crippen molar-refractivity contribution in [1.29, 1.82) is 0 Å². The minimum absolute atomic E-state index is 0.0670. The minimum Gasteiger partial charge on any atom is -0.466 e. The van der Waals surface area contributed by atoms with E-state index in [0.29, 0.717) is 19.6 Å². The number of esters is 1. The third-order valence-corrected chi connectivity index (χ3v) is 3.93. The van der Waals surface area contributed by atoms with Crippen LogP contribution in [0.25, 0.3) is 0 Å². The number of allylic oxidation sites excluding steroid dienone is 6. The van der Waals surface area contributed by atoms with Gasteiger partial charge in [0, 0.05) is 26.1 Å². The van der Waals surface area contributed by atoms with Crippen LogP contribution in [0.2, 0.25) is 0 Å². The number of hydrogen-bond donors (Lipinski definition) is 0. The predicted molar refractivity (Wildman–Crippen MR) is 111 cm³/mol. The highest BCUT2D eigenvalue weighted by Gasteiger charge is 2.02. The molecule has 150 valence electrons. The van der Waals surface area contributed by atoms with Crippen LogP contribution < -0.4 is 0 Å². The van der Waals surface area contributed by atoms with Gasteiger partial charge in [-0.1, -0.05) is 62.6 Å². The van der Waals surface area contributed by atoms with Crippen LogP contribution in [-0.4, -0.2) is 25.8 Å². The summed E-state index contributed by atoms with van der Waals surface area (Å²) < 4.78 is 10.4. The Labute approximate surface area is 161 Å². The Morgan fingerprint density at radius 1 is 0.731 bits per heavy atom. The first-order valence-corrected chi connectivity index (χ1v) is 10.5. The maximum absolute atomic E-state index is 11.5. The maximum Gasteiger partial charge on any atom is 0.305 e. The van der Waals surface area contributed by atoms with Gasteiger partial charge >= 0.3 is 5.97 Å². The molecule has 3 heteroatoms. The van der Waals surface area contributed by atoms with Gasteiger partial charge in [-0.05, 0) is 45.4 Å². The van der Waals surface area contributed by atoms with E-state index in [4.69, 9.17) is 9.47 Å². The first-order chi connectivity index (χ1) is 12.8. The molecule has 0 aromatic rings. The van der Waals surface area contributed by atoms with Gasteiger partial charge in [-0.2, -0.15) is 0 Å². The molecular formula is C23H40O3. The smallest absolute Gasteiger partial charge is 0.305 e. The monoisotopic (exact) mass is 364 g/mol. The molecule has 0 saturated carbocycles. The summed E-state index contributed by atoms with van der Waals surface area (Å²) in [7, 11) is 0. The van der Waals surface area contributed by atoms with E-state index < -0.39 is 0 Å². The number of unbranched alkanes of at least 4 members (excludes halogenated alkanes) is 5. The Kier molecular flexibility index (Phi) is 20.6. The van der Waals surface area contributed by atoms with Crippen LogP contribution in [0.4, 0.5) is 0 Å². The molecule has 0 saturated heterocycles. The molecule has 0 fully saturated rings. The van der Waals surface area contributed by atoms with Crippen molar-refractivity contribution >= 4 is 5.97 Å². The third kappa shape index (κ3) is 20.7. The molecule has 0 aliphatic rings. The summed E-state index contributed by atoms with van der Waals surface area (Å²) in [4.78, 5) is 11.5. The first kappa shape index (κ1) is 24.7. The van der Waals surface area contributed by atoms with Gasteiger partial charge in [0.05, 0.1) is 6.61 Å². The van der Waals surface area contributed by atoms with E-state index in [-0.39, 0.29) is 5.97 Å². The molecule has 0 rings (SSSR count). The molecule has 0 atom stereocenters. The van der Waals surface area contributed by atoms with Gasteiger partial charge in [0.2, 0.25) is 0 Å². The zero-order valence-electron chi connectivity index (χ0n) is 17.1. The minimum atomic E-state index is -0.0670. The van der Waals surface area contributed by atoms with Crippen LogP contribution in [0, 0.1) is 0 Å². The van der Waals surface area contributed by atoms with Gasteiger partial charge in [0.1, 0.15) is 0 Å². The topological polar surface area (TPSA) is 35.5 Å². The number of carbonyl (C=O) groups is 1. The van der Waals surface area contributed by atoms with E-state index in [0.717, 1.165) is 51.6 Å². The van der Waals surface area contributed by atoms with Crippen LogP contribution in [-0.2, 0) is 14.3 Å². The van der Waals surface area contributed by atoms with Crippen molar-refractivity contribution in [1.82, 2.24) is 0 Å². The fourth-order valence-corrected chi connectivity index (χ4v) is 2.45. The summed E-state index contributed by atoms with van der Waals surface area (Å²) >= 11 is 0. The first-order valence-electron chi connectivity index (χ1n) is 10.5. The van der Waals surface area contributed by atoms with Crippen molar-refractivity contribution in [2.75, 3.05) is 19.8 Å². The van der Waals surface area contributed by atoms with Gasteiger partial charge in [0.25, 0.3) is 0 Å². The molecular weight excluding hydrogens is 324 g/mol. The molecule has 0 aromatic heterocycles. The van der Waals surface area contributed by atoms with E-state index >= 15 is 0 Å². The molecule has 0 amide bonds. The largest absolute Gasteiger partial charge is 0.466 e. The van der Waals surface area contributed by atoms with Crippen LogP contribution in [0.3, 0.4) is 0 Å². The average molecular weight is 365 g/mol. The highest BCUT2D eigenvalue weighted by atomic mass is 16.5. The summed E-state index contributed by atoms with van der Waals surface area (Å²) in [5.74, 6) is -0.0670. The van der Waals surface area contributed by atoms with Crippen molar-refractivity contribution in [2.45, 2.75) is 84.5 Å². The summed E-state index contributed by atoms with van der Waals surface area (Å²) in [5, 5.41) is 0. The molecule has 3 nitrogen and oxygen atoms in total. The number of hydrogen-bond acceptors (Lipinski definition) is 3. The van der Waals surface area contributed by atoms with Gasteiger partial charge in [-0.3, -0.25) is 4.79 Å². The summed E-state index contributed by atoms with van der Waals surface area (Å²) in [6.45, 7) is 6.00. The van der Waals surface area contributed by atoms with Crippen LogP contribution >= 0.6 is 0 Å². The second-order valence-corrected chi connectivity index (χ2v) is 6.37. The van der Waals surface area contributed by atoms with E-state index in [9.17, 15) is 4.79 Å². The molecule has 26 heavy (non-hydrogen) atoms. The van der Waals surface area contributed by atoms with Gasteiger partial charge in [-0.25, -0.2) is 0 Å². The highest BCUT2D eigenvalue weighted by molar-refractivity contribution is 5.69. The molecule has 0 spiro atoms. The Morgan fingerprint density at radius 3 is 2.12 bits per heavy atom. The lowest BCUT2D eigenvalue weighted by molar-refractivity contribution is -0.144. The average Bonchev–Trinajstić information content (AvgIpc) is 2.64. The number of carbonyl (C=O) groups excluding carboxylic acids is 1. The van der Waals surface area contributed by atoms with Crippen molar-refractivity contribution in [2.24, 2.45) is 0 Å². The lowest BCUT2D eigenvalue weighted by Gasteiger charge is -2.05. The molecule has 0 aliphatic heterocycles. The van der Waals surface area contributed by atoms with E-state index in [1.54, 1.807) is 0 Å². The zero-order chi connectivity index (χ0) is 19.1. The van der Waals surface area contributed by atoms with E-state index in [1.807, 2.05) is 6.92 Å². The molecule has 0 N–H and O–H groups in total. The highest BCUT2D eigenvalue weighted by Crippen LogP contribution is 2.08. The molecule has 0 heterocycles. The van der Waals surface area contributed by atoms with Gasteiger partial charge in [0.15, 0.2) is 0 Å². The van der Waals surface area contributed by atoms with Crippen molar-refractivity contribution < 1.29 is 14.3 Å². The molecule has 0 bridgehead atoms. The SMILES string of the molecule is CCC=CCC=CCC=CCCCCCCCC(=O)OCCCOCC. The molecule has 0 aliphatic carbocycles. The quantitative estimate of drug-likeness (QED) is 0.157. The standard InChI is InChI=1S/C23H40O3/c1-3-5-6-7-8-9-10-11-12-13-14-15-16-17-18-20-23(24)26-22-19-21-25-4-2/h5-6,8-9,11-12H,3-4,7,10,13-22H2,1-2H3. The van der Waals surface area contributed by atoms with E-state index in [1.165, 1.54) is 19.3 Å². The predicted octanol–water partition coefficient (Wildman–Crippen LogP) is 6.55. The summed E-state index contributed by atoms with van der Waals surface area (Å²) in [6, 6.07) is 0. The second-order valence-electron chi connectivity index (χ2n) is 6.37. The Balaban J connectivity index is 3.29. The Morgan fingerprint density at radius 2 is 1.38 bits per heavy atom. The van der Waals surface area contributed by atoms with Gasteiger partial charge < -0.3 is 9.47 Å². The fourth-order valence-electron chi connectivity index (χ4n) is 2.45. The molecule has 0 unspecified atom stereocenters. The van der Waals surface area contributed by atoms with Crippen molar-refractivity contribution in [3.63, 3.8) is 0 Å². The van der Waals surface area contributed by atoms with Crippen LogP contribution in [0.5, 0.6) is 0 Å². The summed E-state index contributed by atoms with van der Waals surface area (Å²) in [6.07, 6.45) is 24.8. The molecule has 0 aromatic carbocycles. The lowest BCUT2D eigenvalue weighted by Crippen LogP contribution is -2.07. The van der Waals surface area contributed by atoms with E-state index in [2.05, 4.69) is 43.4 Å². The normalized spacial score (nSPS) is 11.9. The number of ether oxygens (including phenoxy) is 2. The van der Waals surface area contributed by atoms with Gasteiger partial charge in [-0.15, -0.1) is 0 Å². The van der Waals surface area contributed by atoms with Crippen molar-refractivity contribution in [3.8, 4) is 0 Å². The number of rotatable bonds is 18. The zero-order valence-corrected chi connectivity index (χ0v) is 17.1. The Hall–Kier alpha value is -1.35. The fraction of sp³-hybridized carbons (Fsp3) is 0.696.